The molecule has 0 aromatic rings. The fraction of sp³-hybridized carbons (Fsp3) is 0.635. The molecule has 0 aromatic heterocycles. The van der Waals surface area contributed by atoms with Crippen molar-refractivity contribution >= 4 is 17.9 Å². The van der Waals surface area contributed by atoms with Crippen molar-refractivity contribution in [3.63, 3.8) is 0 Å². The Labute approximate surface area is 493 Å². The molecule has 0 N–H and O–H groups in total. The number of carbonyl (C=O) groups excluding carboxylic acids is 3. The van der Waals surface area contributed by atoms with Crippen molar-refractivity contribution in [2.24, 2.45) is 0 Å². The van der Waals surface area contributed by atoms with Crippen LogP contribution < -0.4 is 0 Å². The van der Waals surface area contributed by atoms with Crippen LogP contribution >= 0.6 is 0 Å². The molecule has 0 aromatic carbocycles. The zero-order valence-corrected chi connectivity index (χ0v) is 51.8. The van der Waals surface area contributed by atoms with Gasteiger partial charge < -0.3 is 14.2 Å². The van der Waals surface area contributed by atoms with Crippen molar-refractivity contribution in [1.82, 2.24) is 0 Å². The number of allylic oxidation sites excluding steroid dienone is 24. The molecule has 0 fully saturated rings. The van der Waals surface area contributed by atoms with Gasteiger partial charge in [-0.3, -0.25) is 14.4 Å². The highest BCUT2D eigenvalue weighted by Crippen LogP contribution is 2.15. The Morgan fingerprint density at radius 2 is 0.487 bits per heavy atom. The summed E-state index contributed by atoms with van der Waals surface area (Å²) in [5, 5.41) is 0. The van der Waals surface area contributed by atoms with Gasteiger partial charge in [0.2, 0.25) is 0 Å². The van der Waals surface area contributed by atoms with Crippen LogP contribution in [0.4, 0.5) is 0 Å². The van der Waals surface area contributed by atoms with Gasteiger partial charge in [-0.15, -0.1) is 0 Å². The minimum absolute atomic E-state index is 0.0885. The molecular weight excluding hydrogens is 985 g/mol. The van der Waals surface area contributed by atoms with Crippen molar-refractivity contribution in [3.8, 4) is 0 Å². The topological polar surface area (TPSA) is 78.9 Å². The Balaban J connectivity index is 4.27. The molecule has 0 aliphatic rings. The molecule has 80 heavy (non-hydrogen) atoms. The molecule has 0 heterocycles. The molecule has 0 saturated heterocycles. The van der Waals surface area contributed by atoms with E-state index in [2.05, 4.69) is 167 Å². The summed E-state index contributed by atoms with van der Waals surface area (Å²) in [7, 11) is 0. The van der Waals surface area contributed by atoms with Gasteiger partial charge in [0.15, 0.2) is 6.10 Å². The van der Waals surface area contributed by atoms with Crippen molar-refractivity contribution in [1.29, 1.82) is 0 Å². The highest BCUT2D eigenvalue weighted by molar-refractivity contribution is 5.71. The van der Waals surface area contributed by atoms with Crippen LogP contribution in [0.25, 0.3) is 0 Å². The second-order valence-corrected chi connectivity index (χ2v) is 21.3. The van der Waals surface area contributed by atoms with E-state index in [1.807, 2.05) is 0 Å². The summed E-state index contributed by atoms with van der Waals surface area (Å²) in [6, 6.07) is 0. The second-order valence-electron chi connectivity index (χ2n) is 21.3. The molecule has 0 rings (SSSR count). The molecule has 0 amide bonds. The summed E-state index contributed by atoms with van der Waals surface area (Å²) >= 11 is 0. The molecule has 0 aliphatic heterocycles. The quantitative estimate of drug-likeness (QED) is 0.0261. The van der Waals surface area contributed by atoms with Gasteiger partial charge in [0.25, 0.3) is 0 Å². The van der Waals surface area contributed by atoms with E-state index < -0.39 is 6.10 Å². The van der Waals surface area contributed by atoms with Gasteiger partial charge in [-0.05, 0) is 122 Å². The Kier molecular flexibility index (Phi) is 62.9. The van der Waals surface area contributed by atoms with Crippen LogP contribution in [-0.2, 0) is 28.6 Å². The Bertz CT molecular complexity index is 1750. The summed E-state index contributed by atoms with van der Waals surface area (Å²) < 4.78 is 16.9. The summed E-state index contributed by atoms with van der Waals surface area (Å²) in [5.74, 6) is -0.912. The lowest BCUT2D eigenvalue weighted by Crippen LogP contribution is -2.30. The minimum Gasteiger partial charge on any atom is -0.462 e. The standard InChI is InChI=1S/C74H120O6/c1-4-7-10-13-16-19-22-24-26-28-30-31-32-33-34-35-36-37-38-39-40-41-42-43-45-46-48-50-52-55-58-61-64-67-73(76)79-70-71(69-78-72(75)66-63-60-57-54-21-18-15-12-9-6-3)80-74(77)68-65-62-59-56-53-51-49-47-44-29-27-25-23-20-17-14-11-8-5-2/h7-8,10-11,16-17,19-20,24-27,30-31,33-34,36-37,39-40,42-44,47,71H,4-6,9,12-15,18,21-23,28-29,32,35,38,41,45-46,48-70H2,1-3H3/b10-7-,11-8-,19-16-,20-17-,26-24-,27-25-,31-30-,34-33-,37-36-,40-39-,43-42-,47-44-. The van der Waals surface area contributed by atoms with Gasteiger partial charge in [-0.1, -0.05) is 289 Å². The Hall–Kier alpha value is -4.71. The lowest BCUT2D eigenvalue weighted by Gasteiger charge is -2.18. The molecular formula is C74H120O6. The van der Waals surface area contributed by atoms with Crippen molar-refractivity contribution < 1.29 is 28.6 Å². The van der Waals surface area contributed by atoms with Crippen molar-refractivity contribution in [2.45, 2.75) is 290 Å². The van der Waals surface area contributed by atoms with E-state index >= 15 is 0 Å². The molecule has 0 bridgehead atoms. The largest absolute Gasteiger partial charge is 0.462 e. The number of carbonyl (C=O) groups is 3. The first-order valence-corrected chi connectivity index (χ1v) is 32.8. The van der Waals surface area contributed by atoms with Gasteiger partial charge >= 0.3 is 17.9 Å². The summed E-state index contributed by atoms with van der Waals surface area (Å²) in [4.78, 5) is 38.2. The Morgan fingerprint density at radius 3 is 0.762 bits per heavy atom. The third-order valence-electron chi connectivity index (χ3n) is 13.6. The first-order chi connectivity index (χ1) is 39.5. The molecule has 0 saturated carbocycles. The molecule has 0 radical (unpaired) electrons. The lowest BCUT2D eigenvalue weighted by atomic mass is 10.1. The van der Waals surface area contributed by atoms with E-state index in [9.17, 15) is 14.4 Å². The maximum Gasteiger partial charge on any atom is 0.306 e. The number of ether oxygens (including phenoxy) is 3. The number of esters is 3. The molecule has 0 spiro atoms. The zero-order valence-electron chi connectivity index (χ0n) is 51.8. The highest BCUT2D eigenvalue weighted by Gasteiger charge is 2.19. The molecule has 0 aliphatic carbocycles. The van der Waals surface area contributed by atoms with Gasteiger partial charge in [0.1, 0.15) is 13.2 Å². The van der Waals surface area contributed by atoms with E-state index in [0.717, 1.165) is 154 Å². The zero-order chi connectivity index (χ0) is 57.8. The first kappa shape index (κ1) is 75.3. The predicted molar refractivity (Wildman–Crippen MR) is 348 cm³/mol. The van der Waals surface area contributed by atoms with E-state index in [0.29, 0.717) is 19.3 Å². The predicted octanol–water partition coefficient (Wildman–Crippen LogP) is 22.7. The average Bonchev–Trinajstić information content (AvgIpc) is 3.46. The summed E-state index contributed by atoms with van der Waals surface area (Å²) in [5.41, 5.74) is 0. The summed E-state index contributed by atoms with van der Waals surface area (Å²) in [6.07, 6.45) is 95.7. The van der Waals surface area contributed by atoms with Gasteiger partial charge in [0.05, 0.1) is 0 Å². The highest BCUT2D eigenvalue weighted by atomic mass is 16.6. The van der Waals surface area contributed by atoms with E-state index in [4.69, 9.17) is 14.2 Å². The Morgan fingerprint density at radius 1 is 0.263 bits per heavy atom. The second kappa shape index (κ2) is 66.8. The molecule has 6 nitrogen and oxygen atoms in total. The van der Waals surface area contributed by atoms with Crippen molar-refractivity contribution in [2.75, 3.05) is 13.2 Å². The molecule has 1 unspecified atom stereocenters. The third-order valence-corrected chi connectivity index (χ3v) is 13.6. The number of hydrogen-bond donors (Lipinski definition) is 0. The average molecular weight is 1110 g/mol. The van der Waals surface area contributed by atoms with Crippen LogP contribution in [0.1, 0.15) is 284 Å². The number of rotatable bonds is 58. The van der Waals surface area contributed by atoms with Gasteiger partial charge in [0, 0.05) is 19.3 Å². The summed E-state index contributed by atoms with van der Waals surface area (Å²) in [6.45, 7) is 6.39. The van der Waals surface area contributed by atoms with Crippen LogP contribution in [-0.4, -0.2) is 37.2 Å². The van der Waals surface area contributed by atoms with E-state index in [1.165, 1.54) is 89.9 Å². The first-order valence-electron chi connectivity index (χ1n) is 32.8. The maximum absolute atomic E-state index is 12.9. The van der Waals surface area contributed by atoms with Crippen molar-refractivity contribution in [3.05, 3.63) is 146 Å². The number of hydrogen-bond acceptors (Lipinski definition) is 6. The number of unbranched alkanes of at least 4 members (excludes halogenated alkanes) is 23. The monoisotopic (exact) mass is 1100 g/mol. The smallest absolute Gasteiger partial charge is 0.306 e. The van der Waals surface area contributed by atoms with Crippen LogP contribution in [0, 0.1) is 0 Å². The third kappa shape index (κ3) is 64.1. The fourth-order valence-corrected chi connectivity index (χ4v) is 8.74. The van der Waals surface area contributed by atoms with Crippen LogP contribution in [0.2, 0.25) is 0 Å². The molecule has 6 heteroatoms. The SMILES string of the molecule is CC/C=C\C/C=C\C/C=C\C/C=C\C/C=C\C/C=C\C/C=C\C/C=C\CCCCCCCCCCC(=O)OCC(COC(=O)CCCCCCCCCCCC)OC(=O)CCCCCCCC/C=C\C/C=C\C/C=C\C/C=C\CC. The lowest BCUT2D eigenvalue weighted by molar-refractivity contribution is -0.167. The normalized spacial score (nSPS) is 13.1. The van der Waals surface area contributed by atoms with Crippen LogP contribution in [0.5, 0.6) is 0 Å². The fourth-order valence-electron chi connectivity index (χ4n) is 8.74. The minimum atomic E-state index is -0.793. The van der Waals surface area contributed by atoms with E-state index in [-0.39, 0.29) is 31.1 Å². The van der Waals surface area contributed by atoms with Gasteiger partial charge in [-0.2, -0.15) is 0 Å². The van der Waals surface area contributed by atoms with Crippen LogP contribution in [0.3, 0.4) is 0 Å². The molecule has 452 valence electrons. The molecule has 1 atom stereocenters. The van der Waals surface area contributed by atoms with Gasteiger partial charge in [-0.25, -0.2) is 0 Å². The van der Waals surface area contributed by atoms with E-state index in [1.54, 1.807) is 0 Å². The van der Waals surface area contributed by atoms with Crippen LogP contribution in [0.15, 0.2) is 146 Å². The maximum atomic E-state index is 12.9.